The lowest BCUT2D eigenvalue weighted by Gasteiger charge is -2.45. The fraction of sp³-hybridized carbons (Fsp3) is 0.160. The highest BCUT2D eigenvalue weighted by Crippen LogP contribution is 2.61. The average Bonchev–Trinajstić information content (AvgIpc) is 3.04. The van der Waals surface area contributed by atoms with Crippen LogP contribution in [0.15, 0.2) is 66.7 Å². The first kappa shape index (κ1) is 18.3. The van der Waals surface area contributed by atoms with Gasteiger partial charge in [-0.1, -0.05) is 60.1 Å². The lowest BCUT2D eigenvalue weighted by molar-refractivity contribution is -0.122. The Kier molecular flexibility index (Phi) is 3.72. The maximum Gasteiger partial charge on any atom is 0.337 e. The van der Waals surface area contributed by atoms with Gasteiger partial charge in [-0.3, -0.25) is 9.59 Å². The number of hydrogen-bond donors (Lipinski definition) is 1. The summed E-state index contributed by atoms with van der Waals surface area (Å²) < 4.78 is 0. The first-order valence-electron chi connectivity index (χ1n) is 10.1. The molecule has 0 unspecified atom stereocenters. The topological polar surface area (TPSA) is 74.7 Å². The highest BCUT2D eigenvalue weighted by molar-refractivity contribution is 6.34. The molecule has 5 nitrogen and oxygen atoms in total. The van der Waals surface area contributed by atoms with Crippen molar-refractivity contribution in [1.82, 2.24) is 0 Å². The molecule has 1 saturated heterocycles. The highest BCUT2D eigenvalue weighted by Gasteiger charge is 2.61. The van der Waals surface area contributed by atoms with Crippen LogP contribution in [0.1, 0.15) is 44.4 Å². The van der Waals surface area contributed by atoms with Gasteiger partial charge in [-0.25, -0.2) is 9.69 Å². The summed E-state index contributed by atoms with van der Waals surface area (Å²) >= 11 is 6.14. The number of carbonyl (C=O) groups is 3. The lowest BCUT2D eigenvalue weighted by Crippen LogP contribution is -2.41. The molecule has 152 valence electrons. The molecule has 7 rings (SSSR count). The number of carboxylic acids is 1. The molecule has 1 aliphatic heterocycles. The molecule has 4 aliphatic rings. The van der Waals surface area contributed by atoms with Crippen LogP contribution in [0.2, 0.25) is 5.02 Å². The van der Waals surface area contributed by atoms with Crippen molar-refractivity contribution in [2.75, 3.05) is 4.90 Å². The second kappa shape index (κ2) is 6.28. The van der Waals surface area contributed by atoms with Crippen molar-refractivity contribution in [3.8, 4) is 0 Å². The molecule has 3 aliphatic carbocycles. The van der Waals surface area contributed by atoms with Crippen LogP contribution in [0.5, 0.6) is 0 Å². The normalized spacial score (nSPS) is 25.3. The van der Waals surface area contributed by atoms with E-state index in [1.165, 1.54) is 23.1 Å². The van der Waals surface area contributed by atoms with Gasteiger partial charge in [0.25, 0.3) is 0 Å². The Morgan fingerprint density at radius 3 is 1.61 bits per heavy atom. The van der Waals surface area contributed by atoms with Gasteiger partial charge in [-0.15, -0.1) is 0 Å². The van der Waals surface area contributed by atoms with Crippen molar-refractivity contribution >= 4 is 35.1 Å². The number of amides is 2. The third-order valence-corrected chi connectivity index (χ3v) is 7.20. The Morgan fingerprint density at radius 1 is 0.774 bits per heavy atom. The molecule has 1 fully saturated rings. The minimum atomic E-state index is -1.16. The summed E-state index contributed by atoms with van der Waals surface area (Å²) in [6.45, 7) is 0. The first-order valence-corrected chi connectivity index (χ1v) is 10.4. The van der Waals surface area contributed by atoms with Crippen LogP contribution in [0.4, 0.5) is 5.69 Å². The van der Waals surface area contributed by atoms with Crippen molar-refractivity contribution in [2.45, 2.75) is 11.8 Å². The van der Waals surface area contributed by atoms with Gasteiger partial charge in [0.15, 0.2) is 0 Å². The number of nitrogens with zero attached hydrogens (tertiary/aromatic N) is 1. The Hall–Kier alpha value is -3.44. The first-order chi connectivity index (χ1) is 15.0. The van der Waals surface area contributed by atoms with E-state index in [1.54, 1.807) is 0 Å². The largest absolute Gasteiger partial charge is 0.478 e. The summed E-state index contributed by atoms with van der Waals surface area (Å²) in [4.78, 5) is 39.8. The second-order valence-electron chi connectivity index (χ2n) is 8.25. The maximum atomic E-state index is 13.6. The Balaban J connectivity index is 1.52. The molecule has 3 aromatic carbocycles. The number of carbonyl (C=O) groups excluding carboxylic acids is 2. The summed E-state index contributed by atoms with van der Waals surface area (Å²) in [5.74, 6) is -3.01. The number of halogens is 1. The quantitative estimate of drug-likeness (QED) is 0.611. The molecule has 1 heterocycles. The molecule has 3 aromatic rings. The van der Waals surface area contributed by atoms with E-state index in [0.717, 1.165) is 22.3 Å². The second-order valence-corrected chi connectivity index (χ2v) is 8.65. The lowest BCUT2D eigenvalue weighted by atomic mass is 9.55. The third-order valence-electron chi connectivity index (χ3n) is 6.89. The van der Waals surface area contributed by atoms with E-state index < -0.39 is 17.8 Å². The van der Waals surface area contributed by atoms with E-state index in [-0.39, 0.29) is 34.2 Å². The molecule has 2 bridgehead atoms. The van der Waals surface area contributed by atoms with Gasteiger partial charge in [0.05, 0.1) is 28.1 Å². The fourth-order valence-corrected chi connectivity index (χ4v) is 6.00. The van der Waals surface area contributed by atoms with Gasteiger partial charge in [-0.2, -0.15) is 0 Å². The SMILES string of the molecule is O=C(O)c1ccc(N2C(=O)[C@@H]3C4c5ccccc5C(c5ccccc54)[C@H]3C2=O)cc1Cl. The molecule has 2 atom stereocenters. The van der Waals surface area contributed by atoms with Gasteiger partial charge in [0.2, 0.25) is 11.8 Å². The molecule has 0 radical (unpaired) electrons. The number of carboxylic acid groups (broad SMARTS) is 1. The standard InChI is InChI=1S/C25H16ClNO4/c26-18-11-12(9-10-17(18)25(30)31)27-23(28)21-19-13-5-1-2-6-14(13)20(22(21)24(27)29)16-8-4-3-7-15(16)19/h1-11,19-22H,(H,30,31)/t19?,20?,21-,22-/m1/s1. The van der Waals surface area contributed by atoms with E-state index in [9.17, 15) is 19.5 Å². The van der Waals surface area contributed by atoms with Crippen LogP contribution < -0.4 is 4.90 Å². The number of anilines is 1. The Bertz CT molecular complexity index is 1200. The summed E-state index contributed by atoms with van der Waals surface area (Å²) in [7, 11) is 0. The minimum absolute atomic E-state index is 0.00461. The van der Waals surface area contributed by atoms with Crippen LogP contribution in [-0.4, -0.2) is 22.9 Å². The third kappa shape index (κ3) is 2.29. The van der Waals surface area contributed by atoms with Gasteiger partial charge < -0.3 is 5.11 Å². The molecule has 1 N–H and O–H groups in total. The number of rotatable bonds is 2. The molecule has 31 heavy (non-hydrogen) atoms. The fourth-order valence-electron chi connectivity index (χ4n) is 5.75. The molecule has 0 aromatic heterocycles. The number of aromatic carboxylic acids is 1. The minimum Gasteiger partial charge on any atom is -0.478 e. The zero-order chi connectivity index (χ0) is 21.4. The zero-order valence-corrected chi connectivity index (χ0v) is 16.9. The van der Waals surface area contributed by atoms with Crippen LogP contribution in [-0.2, 0) is 9.59 Å². The van der Waals surface area contributed by atoms with Crippen molar-refractivity contribution in [1.29, 1.82) is 0 Å². The van der Waals surface area contributed by atoms with E-state index in [1.807, 2.05) is 24.3 Å². The summed E-state index contributed by atoms with van der Waals surface area (Å²) in [6, 6.07) is 20.3. The smallest absolute Gasteiger partial charge is 0.337 e. The summed E-state index contributed by atoms with van der Waals surface area (Å²) in [5, 5.41) is 9.24. The van der Waals surface area contributed by atoms with Crippen molar-refractivity contribution in [3.05, 3.63) is 99.6 Å². The average molecular weight is 430 g/mol. The van der Waals surface area contributed by atoms with E-state index in [0.29, 0.717) is 5.69 Å². The predicted octanol–water partition coefficient (Wildman–Crippen LogP) is 4.43. The highest BCUT2D eigenvalue weighted by atomic mass is 35.5. The molecular weight excluding hydrogens is 414 g/mol. The van der Waals surface area contributed by atoms with Crippen LogP contribution in [0.3, 0.4) is 0 Å². The van der Waals surface area contributed by atoms with Crippen LogP contribution in [0, 0.1) is 11.8 Å². The Morgan fingerprint density at radius 2 is 1.23 bits per heavy atom. The molecular formula is C25H16ClNO4. The van der Waals surface area contributed by atoms with Gasteiger partial charge in [0.1, 0.15) is 0 Å². The van der Waals surface area contributed by atoms with E-state index >= 15 is 0 Å². The van der Waals surface area contributed by atoms with E-state index in [4.69, 9.17) is 11.6 Å². The van der Waals surface area contributed by atoms with Gasteiger partial charge in [0, 0.05) is 11.8 Å². The van der Waals surface area contributed by atoms with Crippen molar-refractivity contribution in [3.63, 3.8) is 0 Å². The zero-order valence-electron chi connectivity index (χ0n) is 16.2. The predicted molar refractivity (Wildman–Crippen MR) is 114 cm³/mol. The number of imide groups is 1. The van der Waals surface area contributed by atoms with E-state index in [2.05, 4.69) is 24.3 Å². The number of benzene rings is 3. The van der Waals surface area contributed by atoms with Crippen LogP contribution >= 0.6 is 11.6 Å². The summed E-state index contributed by atoms with van der Waals surface area (Å²) in [6.07, 6.45) is 0. The summed E-state index contributed by atoms with van der Waals surface area (Å²) in [5.41, 5.74) is 4.67. The van der Waals surface area contributed by atoms with Gasteiger partial charge >= 0.3 is 5.97 Å². The molecule has 2 amide bonds. The molecule has 6 heteroatoms. The Labute approximate surface area is 182 Å². The molecule has 0 saturated carbocycles. The van der Waals surface area contributed by atoms with Crippen molar-refractivity contribution < 1.29 is 19.5 Å². The van der Waals surface area contributed by atoms with Crippen molar-refractivity contribution in [2.24, 2.45) is 11.8 Å². The van der Waals surface area contributed by atoms with Crippen LogP contribution in [0.25, 0.3) is 0 Å². The monoisotopic (exact) mass is 429 g/mol. The molecule has 0 spiro atoms. The number of hydrogen-bond acceptors (Lipinski definition) is 3. The maximum absolute atomic E-state index is 13.6. The van der Waals surface area contributed by atoms with Gasteiger partial charge in [-0.05, 0) is 40.5 Å².